The van der Waals surface area contributed by atoms with E-state index in [4.69, 9.17) is 10.5 Å². The van der Waals surface area contributed by atoms with Crippen molar-refractivity contribution >= 4 is 5.96 Å². The molecular weight excluding hydrogens is 211 g/mol. The number of rotatable bonds is 5. The van der Waals surface area contributed by atoms with Crippen LogP contribution >= 0.6 is 0 Å². The van der Waals surface area contributed by atoms with Crippen LogP contribution < -0.4 is 11.1 Å². The van der Waals surface area contributed by atoms with Crippen molar-refractivity contribution in [2.75, 3.05) is 20.3 Å². The van der Waals surface area contributed by atoms with Crippen molar-refractivity contribution in [1.82, 2.24) is 10.3 Å². The minimum atomic E-state index is -0.379. The largest absolute Gasteiger partial charge is 0.383 e. The molecule has 88 valence electrons. The first-order valence-corrected chi connectivity index (χ1v) is 4.86. The molecular formula is C10H15FN4O. The van der Waals surface area contributed by atoms with Crippen molar-refractivity contribution in [3.8, 4) is 0 Å². The second-order valence-corrected chi connectivity index (χ2v) is 3.05. The minimum Gasteiger partial charge on any atom is -0.383 e. The molecule has 1 aromatic rings. The van der Waals surface area contributed by atoms with E-state index < -0.39 is 0 Å². The average Bonchev–Trinajstić information content (AvgIpc) is 2.28. The monoisotopic (exact) mass is 226 g/mol. The van der Waals surface area contributed by atoms with Gasteiger partial charge in [-0.1, -0.05) is 0 Å². The third-order valence-corrected chi connectivity index (χ3v) is 1.85. The molecule has 16 heavy (non-hydrogen) atoms. The van der Waals surface area contributed by atoms with Crippen molar-refractivity contribution in [3.63, 3.8) is 0 Å². The third kappa shape index (κ3) is 4.22. The maximum Gasteiger partial charge on any atom is 0.189 e. The SMILES string of the molecule is COCCNC(N)=NCc1ncccc1F. The van der Waals surface area contributed by atoms with Gasteiger partial charge in [-0.2, -0.15) is 0 Å². The second kappa shape index (κ2) is 6.73. The van der Waals surface area contributed by atoms with Gasteiger partial charge in [0, 0.05) is 19.9 Å². The highest BCUT2D eigenvalue weighted by Gasteiger charge is 2.00. The van der Waals surface area contributed by atoms with Gasteiger partial charge < -0.3 is 15.8 Å². The number of hydrogen-bond donors (Lipinski definition) is 2. The summed E-state index contributed by atoms with van der Waals surface area (Å²) in [7, 11) is 1.60. The molecule has 1 heterocycles. The van der Waals surface area contributed by atoms with Crippen LogP contribution in [0.25, 0.3) is 0 Å². The predicted molar refractivity (Wildman–Crippen MR) is 59.4 cm³/mol. The molecule has 0 aliphatic rings. The van der Waals surface area contributed by atoms with Gasteiger partial charge in [0.1, 0.15) is 5.82 Å². The van der Waals surface area contributed by atoms with Crippen LogP contribution in [0, 0.1) is 5.82 Å². The van der Waals surface area contributed by atoms with Gasteiger partial charge in [-0.3, -0.25) is 4.98 Å². The molecule has 0 aliphatic carbocycles. The number of pyridine rings is 1. The zero-order valence-electron chi connectivity index (χ0n) is 9.11. The lowest BCUT2D eigenvalue weighted by molar-refractivity contribution is 0.204. The van der Waals surface area contributed by atoms with E-state index in [-0.39, 0.29) is 24.0 Å². The number of aliphatic imine (C=N–C) groups is 1. The Bertz CT molecular complexity index is 356. The van der Waals surface area contributed by atoms with E-state index >= 15 is 0 Å². The first kappa shape index (κ1) is 12.4. The highest BCUT2D eigenvalue weighted by molar-refractivity contribution is 5.77. The summed E-state index contributed by atoms with van der Waals surface area (Å²) in [4.78, 5) is 7.81. The number of aromatic nitrogens is 1. The number of hydrogen-bond acceptors (Lipinski definition) is 3. The molecule has 0 saturated carbocycles. The van der Waals surface area contributed by atoms with E-state index in [9.17, 15) is 4.39 Å². The van der Waals surface area contributed by atoms with Crippen molar-refractivity contribution in [2.24, 2.45) is 10.7 Å². The fourth-order valence-corrected chi connectivity index (χ4v) is 1.03. The van der Waals surface area contributed by atoms with Crippen molar-refractivity contribution in [1.29, 1.82) is 0 Å². The maximum absolute atomic E-state index is 13.1. The molecule has 0 atom stereocenters. The average molecular weight is 226 g/mol. The first-order valence-electron chi connectivity index (χ1n) is 4.86. The zero-order chi connectivity index (χ0) is 11.8. The van der Waals surface area contributed by atoms with Crippen LogP contribution in [-0.2, 0) is 11.3 Å². The molecule has 6 heteroatoms. The second-order valence-electron chi connectivity index (χ2n) is 3.05. The van der Waals surface area contributed by atoms with Gasteiger partial charge in [0.15, 0.2) is 5.96 Å². The predicted octanol–water partition coefficient (Wildman–Crippen LogP) is 0.271. The normalized spacial score (nSPS) is 11.5. The van der Waals surface area contributed by atoms with E-state index in [2.05, 4.69) is 15.3 Å². The number of nitrogens with one attached hydrogen (secondary N) is 1. The molecule has 0 spiro atoms. The molecule has 3 N–H and O–H groups in total. The Labute approximate surface area is 93.5 Å². The van der Waals surface area contributed by atoms with Crippen molar-refractivity contribution < 1.29 is 9.13 Å². The Balaban J connectivity index is 2.43. The van der Waals surface area contributed by atoms with Gasteiger partial charge >= 0.3 is 0 Å². The lowest BCUT2D eigenvalue weighted by atomic mass is 10.3. The quantitative estimate of drug-likeness (QED) is 0.429. The molecule has 5 nitrogen and oxygen atoms in total. The first-order chi connectivity index (χ1) is 7.74. The summed E-state index contributed by atoms with van der Waals surface area (Å²) in [6, 6.07) is 2.87. The van der Waals surface area contributed by atoms with Crippen LogP contribution in [-0.4, -0.2) is 31.2 Å². The van der Waals surface area contributed by atoms with Gasteiger partial charge in [-0.25, -0.2) is 9.38 Å². The molecule has 0 aliphatic heterocycles. The van der Waals surface area contributed by atoms with Crippen molar-refractivity contribution in [2.45, 2.75) is 6.54 Å². The standard InChI is InChI=1S/C10H15FN4O/c1-16-6-5-14-10(12)15-7-9-8(11)3-2-4-13-9/h2-4H,5-7H2,1H3,(H3,12,14,15). The van der Waals surface area contributed by atoms with Gasteiger partial charge in [0.25, 0.3) is 0 Å². The molecule has 0 amide bonds. The molecule has 0 fully saturated rings. The van der Waals surface area contributed by atoms with E-state index in [0.717, 1.165) is 0 Å². The minimum absolute atomic E-state index is 0.124. The zero-order valence-corrected chi connectivity index (χ0v) is 9.11. The van der Waals surface area contributed by atoms with Crippen LogP contribution in [0.5, 0.6) is 0 Å². The summed E-state index contributed by atoms with van der Waals surface area (Å²) in [6.07, 6.45) is 1.52. The molecule has 1 rings (SSSR count). The number of methoxy groups -OCH3 is 1. The lowest BCUT2D eigenvalue weighted by Crippen LogP contribution is -2.34. The highest BCUT2D eigenvalue weighted by Crippen LogP contribution is 2.03. The van der Waals surface area contributed by atoms with Gasteiger partial charge in [-0.15, -0.1) is 0 Å². The number of nitrogens with two attached hydrogens (primary N) is 1. The van der Waals surface area contributed by atoms with E-state index in [1.54, 1.807) is 7.11 Å². The molecule has 0 saturated heterocycles. The smallest absolute Gasteiger partial charge is 0.189 e. The molecule has 0 unspecified atom stereocenters. The van der Waals surface area contributed by atoms with Crippen LogP contribution in [0.3, 0.4) is 0 Å². The Morgan fingerprint density at radius 1 is 1.69 bits per heavy atom. The van der Waals surface area contributed by atoms with E-state index in [1.165, 1.54) is 18.3 Å². The van der Waals surface area contributed by atoms with Gasteiger partial charge in [0.2, 0.25) is 0 Å². The van der Waals surface area contributed by atoms with E-state index in [0.29, 0.717) is 13.2 Å². The number of nitrogens with zero attached hydrogens (tertiary/aromatic N) is 2. The van der Waals surface area contributed by atoms with Crippen molar-refractivity contribution in [3.05, 3.63) is 29.8 Å². The van der Waals surface area contributed by atoms with Crippen LogP contribution in [0.1, 0.15) is 5.69 Å². The maximum atomic E-state index is 13.1. The molecule has 1 aromatic heterocycles. The summed E-state index contributed by atoms with van der Waals surface area (Å²) >= 11 is 0. The third-order valence-electron chi connectivity index (χ3n) is 1.85. The Morgan fingerprint density at radius 3 is 3.19 bits per heavy atom. The summed E-state index contributed by atoms with van der Waals surface area (Å²) in [6.45, 7) is 1.23. The summed E-state index contributed by atoms with van der Waals surface area (Å²) in [5.74, 6) is -0.127. The van der Waals surface area contributed by atoms with Gasteiger partial charge in [-0.05, 0) is 12.1 Å². The molecule has 0 aromatic carbocycles. The summed E-state index contributed by atoms with van der Waals surface area (Å²) in [5, 5.41) is 2.83. The van der Waals surface area contributed by atoms with Crippen LogP contribution in [0.2, 0.25) is 0 Å². The fourth-order valence-electron chi connectivity index (χ4n) is 1.03. The molecule has 0 bridgehead atoms. The van der Waals surface area contributed by atoms with Gasteiger partial charge in [0.05, 0.1) is 18.8 Å². The van der Waals surface area contributed by atoms with Crippen LogP contribution in [0.15, 0.2) is 23.3 Å². The Hall–Kier alpha value is -1.69. The Morgan fingerprint density at radius 2 is 2.50 bits per heavy atom. The lowest BCUT2D eigenvalue weighted by Gasteiger charge is -2.04. The fraction of sp³-hybridized carbons (Fsp3) is 0.400. The highest BCUT2D eigenvalue weighted by atomic mass is 19.1. The number of guanidine groups is 1. The summed E-state index contributed by atoms with van der Waals surface area (Å²) in [5.41, 5.74) is 5.82. The topological polar surface area (TPSA) is 72.5 Å². The summed E-state index contributed by atoms with van der Waals surface area (Å²) < 4.78 is 18.0. The van der Waals surface area contributed by atoms with E-state index in [1.807, 2.05) is 0 Å². The van der Waals surface area contributed by atoms with Crippen LogP contribution in [0.4, 0.5) is 4.39 Å². The number of ether oxygens (including phenoxy) is 1. The Kier molecular flexibility index (Phi) is 5.21. The number of halogens is 1. The molecule has 0 radical (unpaired) electrons.